The molecule has 1 aliphatic heterocycles. The van der Waals surface area contributed by atoms with Crippen LogP contribution in [0.3, 0.4) is 0 Å². The first-order valence-corrected chi connectivity index (χ1v) is 5.77. The first kappa shape index (κ1) is 9.00. The van der Waals surface area contributed by atoms with Crippen molar-refractivity contribution in [2.45, 2.75) is 25.7 Å². The Balaban J connectivity index is 2.07. The number of ketones is 1. The molecular weight excluding hydrogens is 182 g/mol. The lowest BCUT2D eigenvalue weighted by atomic mass is 9.97. The van der Waals surface area contributed by atoms with Gasteiger partial charge in [-0.2, -0.15) is 0 Å². The predicted molar refractivity (Wildman–Crippen MR) is 56.3 cm³/mol. The second kappa shape index (κ2) is 4.09. The summed E-state index contributed by atoms with van der Waals surface area (Å²) in [6.45, 7) is 0.818. The maximum Gasteiger partial charge on any atom is 0.213 e. The van der Waals surface area contributed by atoms with Crippen LogP contribution in [0, 0.1) is 0 Å². The third-order valence-corrected chi connectivity index (χ3v) is 3.34. The highest BCUT2D eigenvalue weighted by Crippen LogP contribution is 2.22. The number of thioether (sulfide) groups is 1. The zero-order valence-corrected chi connectivity index (χ0v) is 8.40. The Morgan fingerprint density at radius 1 is 1.46 bits per heavy atom. The lowest BCUT2D eigenvalue weighted by Crippen LogP contribution is -2.13. The highest BCUT2D eigenvalue weighted by molar-refractivity contribution is 8.16. The van der Waals surface area contributed by atoms with Crippen molar-refractivity contribution < 1.29 is 4.79 Å². The standard InChI is InChI=1S/C10H13NOS/c12-9(10-11-6-7-13-10)8-4-2-1-3-5-8/h4H,1-3,5-7H2. The summed E-state index contributed by atoms with van der Waals surface area (Å²) >= 11 is 1.60. The molecule has 0 atom stereocenters. The van der Waals surface area contributed by atoms with Crippen LogP contribution >= 0.6 is 11.8 Å². The number of rotatable bonds is 2. The minimum atomic E-state index is 0.196. The number of hydrogen-bond acceptors (Lipinski definition) is 3. The van der Waals surface area contributed by atoms with Crippen LogP contribution in [0.2, 0.25) is 0 Å². The first-order valence-electron chi connectivity index (χ1n) is 4.79. The van der Waals surface area contributed by atoms with Crippen LogP contribution in [-0.4, -0.2) is 23.1 Å². The topological polar surface area (TPSA) is 29.4 Å². The van der Waals surface area contributed by atoms with E-state index < -0.39 is 0 Å². The number of aliphatic imine (C=N–C) groups is 1. The molecule has 1 aliphatic carbocycles. The molecular formula is C10H13NOS. The molecule has 0 radical (unpaired) electrons. The number of allylic oxidation sites excluding steroid dienone is 2. The van der Waals surface area contributed by atoms with Crippen molar-refractivity contribution in [1.29, 1.82) is 0 Å². The Morgan fingerprint density at radius 2 is 2.38 bits per heavy atom. The van der Waals surface area contributed by atoms with Gasteiger partial charge in [0.2, 0.25) is 5.78 Å². The molecule has 0 saturated heterocycles. The number of Topliss-reactive ketones (excluding diaryl/α,β-unsaturated/α-hetero) is 1. The molecule has 3 heteroatoms. The number of carbonyl (C=O) groups is 1. The maximum atomic E-state index is 11.8. The zero-order chi connectivity index (χ0) is 9.10. The fourth-order valence-electron chi connectivity index (χ4n) is 1.65. The van der Waals surface area contributed by atoms with Crippen LogP contribution < -0.4 is 0 Å². The number of carbonyl (C=O) groups excluding carboxylic acids is 1. The summed E-state index contributed by atoms with van der Waals surface area (Å²) < 4.78 is 0. The van der Waals surface area contributed by atoms with Crippen LogP contribution in [0.15, 0.2) is 16.6 Å². The van der Waals surface area contributed by atoms with Gasteiger partial charge in [0.1, 0.15) is 5.04 Å². The largest absolute Gasteiger partial charge is 0.287 e. The summed E-state index contributed by atoms with van der Waals surface area (Å²) in [6.07, 6.45) is 6.51. The van der Waals surface area contributed by atoms with Gasteiger partial charge in [0.15, 0.2) is 0 Å². The molecule has 2 rings (SSSR count). The smallest absolute Gasteiger partial charge is 0.213 e. The zero-order valence-electron chi connectivity index (χ0n) is 7.58. The van der Waals surface area contributed by atoms with Crippen molar-refractivity contribution in [3.63, 3.8) is 0 Å². The highest BCUT2D eigenvalue weighted by atomic mass is 32.2. The van der Waals surface area contributed by atoms with E-state index in [-0.39, 0.29) is 5.78 Å². The van der Waals surface area contributed by atoms with Gasteiger partial charge in [-0.1, -0.05) is 6.08 Å². The van der Waals surface area contributed by atoms with Gasteiger partial charge in [0.05, 0.1) is 0 Å². The number of hydrogen-bond donors (Lipinski definition) is 0. The fourth-order valence-corrected chi connectivity index (χ4v) is 2.47. The quantitative estimate of drug-likeness (QED) is 0.676. The van der Waals surface area contributed by atoms with Gasteiger partial charge in [-0.05, 0) is 31.3 Å². The van der Waals surface area contributed by atoms with E-state index in [1.54, 1.807) is 11.8 Å². The Labute approximate surface area is 82.5 Å². The maximum absolute atomic E-state index is 11.8. The SMILES string of the molecule is O=C(C1=CCCCC1)C1=NCCS1. The van der Waals surface area contributed by atoms with Crippen molar-refractivity contribution >= 4 is 22.6 Å². The third-order valence-electron chi connectivity index (χ3n) is 2.36. The Kier molecular flexibility index (Phi) is 2.83. The molecule has 0 aromatic carbocycles. The van der Waals surface area contributed by atoms with Gasteiger partial charge in [-0.3, -0.25) is 9.79 Å². The Hall–Kier alpha value is -0.570. The Bertz CT molecular complexity index is 281. The summed E-state index contributed by atoms with van der Waals surface area (Å²) in [7, 11) is 0. The molecule has 1 heterocycles. The van der Waals surface area contributed by atoms with Gasteiger partial charge >= 0.3 is 0 Å². The van der Waals surface area contributed by atoms with E-state index in [2.05, 4.69) is 11.1 Å². The van der Waals surface area contributed by atoms with Crippen LogP contribution in [0.25, 0.3) is 0 Å². The molecule has 0 N–H and O–H groups in total. The van der Waals surface area contributed by atoms with Gasteiger partial charge in [0.25, 0.3) is 0 Å². The molecule has 0 saturated carbocycles. The van der Waals surface area contributed by atoms with E-state index in [9.17, 15) is 4.79 Å². The molecule has 0 spiro atoms. The molecule has 70 valence electrons. The van der Waals surface area contributed by atoms with E-state index in [1.165, 1.54) is 6.42 Å². The van der Waals surface area contributed by atoms with Crippen LogP contribution in [0.1, 0.15) is 25.7 Å². The van der Waals surface area contributed by atoms with Crippen LogP contribution in [-0.2, 0) is 4.79 Å². The molecule has 0 unspecified atom stereocenters. The summed E-state index contributed by atoms with van der Waals surface area (Å²) in [5, 5.41) is 0.744. The summed E-state index contributed by atoms with van der Waals surface area (Å²) in [6, 6.07) is 0. The highest BCUT2D eigenvalue weighted by Gasteiger charge is 2.20. The van der Waals surface area contributed by atoms with Crippen molar-refractivity contribution in [3.05, 3.63) is 11.6 Å². The van der Waals surface area contributed by atoms with Crippen molar-refractivity contribution in [2.75, 3.05) is 12.3 Å². The van der Waals surface area contributed by atoms with Gasteiger partial charge in [-0.25, -0.2) is 0 Å². The molecule has 2 nitrogen and oxygen atoms in total. The molecule has 0 aromatic heterocycles. The van der Waals surface area contributed by atoms with Gasteiger partial charge in [0, 0.05) is 12.3 Å². The summed E-state index contributed by atoms with van der Waals surface area (Å²) in [5.41, 5.74) is 0.999. The van der Waals surface area contributed by atoms with Crippen molar-refractivity contribution in [2.24, 2.45) is 4.99 Å². The minimum Gasteiger partial charge on any atom is -0.287 e. The molecule has 0 fully saturated rings. The summed E-state index contributed by atoms with van der Waals surface area (Å²) in [5.74, 6) is 1.18. The lowest BCUT2D eigenvalue weighted by molar-refractivity contribution is -0.109. The fraction of sp³-hybridized carbons (Fsp3) is 0.600. The molecule has 0 amide bonds. The molecule has 13 heavy (non-hydrogen) atoms. The molecule has 0 aromatic rings. The monoisotopic (exact) mass is 195 g/mol. The first-order chi connectivity index (χ1) is 6.38. The van der Waals surface area contributed by atoms with Crippen molar-refractivity contribution in [1.82, 2.24) is 0 Å². The van der Waals surface area contributed by atoms with E-state index in [0.717, 1.165) is 42.2 Å². The minimum absolute atomic E-state index is 0.196. The second-order valence-corrected chi connectivity index (χ2v) is 4.42. The van der Waals surface area contributed by atoms with Crippen LogP contribution in [0.4, 0.5) is 0 Å². The van der Waals surface area contributed by atoms with Crippen molar-refractivity contribution in [3.8, 4) is 0 Å². The van der Waals surface area contributed by atoms with Gasteiger partial charge < -0.3 is 0 Å². The normalized spacial score (nSPS) is 22.5. The number of nitrogens with zero attached hydrogens (tertiary/aromatic N) is 1. The van der Waals surface area contributed by atoms with Gasteiger partial charge in [-0.15, -0.1) is 11.8 Å². The molecule has 2 aliphatic rings. The predicted octanol–water partition coefficient (Wildman–Crippen LogP) is 2.20. The summed E-state index contributed by atoms with van der Waals surface area (Å²) in [4.78, 5) is 16.0. The molecule has 0 bridgehead atoms. The van der Waals surface area contributed by atoms with E-state index in [1.807, 2.05) is 0 Å². The van der Waals surface area contributed by atoms with E-state index in [4.69, 9.17) is 0 Å². The second-order valence-electron chi connectivity index (χ2n) is 3.34. The lowest BCUT2D eigenvalue weighted by Gasteiger charge is -2.10. The van der Waals surface area contributed by atoms with E-state index >= 15 is 0 Å². The average molecular weight is 195 g/mol. The van der Waals surface area contributed by atoms with Crippen LogP contribution in [0.5, 0.6) is 0 Å². The third kappa shape index (κ3) is 2.02. The Morgan fingerprint density at radius 3 is 3.00 bits per heavy atom. The van der Waals surface area contributed by atoms with E-state index in [0.29, 0.717) is 0 Å². The average Bonchev–Trinajstić information content (AvgIpc) is 2.71.